The number of fused-ring (bicyclic) bond motifs is 1. The van der Waals surface area contributed by atoms with E-state index >= 15 is 0 Å². The fraction of sp³-hybridized carbons (Fsp3) is 0.238. The average Bonchev–Trinajstić information content (AvgIpc) is 2.72. The maximum absolute atomic E-state index is 12.3. The maximum Gasteiger partial charge on any atom is 0.331 e. The van der Waals surface area contributed by atoms with Crippen LogP contribution in [0.2, 0.25) is 5.02 Å². The minimum absolute atomic E-state index is 0.389. The summed E-state index contributed by atoms with van der Waals surface area (Å²) in [4.78, 5) is 24.4. The number of nitrogens with one attached hydrogen (secondary N) is 1. The molecular weight excluding hydrogens is 398 g/mol. The van der Waals surface area contributed by atoms with Gasteiger partial charge in [0.05, 0.1) is 12.8 Å². The second kappa shape index (κ2) is 9.34. The largest absolute Gasteiger partial charge is 0.495 e. The van der Waals surface area contributed by atoms with E-state index in [2.05, 4.69) is 5.32 Å². The van der Waals surface area contributed by atoms with Crippen molar-refractivity contribution in [2.24, 2.45) is 0 Å². The Balaban J connectivity index is 1.58. The first kappa shape index (κ1) is 20.5. The SMILES string of the molecule is COc1ccc(Cl)cc1NC(=O)[C@H](C)OC(=O)/C=C/c1ccc2c(c1)OCCO2. The number of anilines is 1. The molecule has 1 heterocycles. The number of carbonyl (C=O) groups excluding carboxylic acids is 2. The van der Waals surface area contributed by atoms with Crippen molar-refractivity contribution < 1.29 is 28.5 Å². The van der Waals surface area contributed by atoms with Crippen LogP contribution in [0.5, 0.6) is 17.2 Å². The Kier molecular flexibility index (Phi) is 6.61. The number of benzene rings is 2. The van der Waals surface area contributed by atoms with Crippen LogP contribution in [-0.4, -0.2) is 38.3 Å². The van der Waals surface area contributed by atoms with Crippen LogP contribution in [0.3, 0.4) is 0 Å². The van der Waals surface area contributed by atoms with Crippen LogP contribution >= 0.6 is 11.6 Å². The number of amides is 1. The zero-order chi connectivity index (χ0) is 20.8. The lowest BCUT2D eigenvalue weighted by atomic mass is 10.2. The molecule has 0 fully saturated rings. The predicted octanol–water partition coefficient (Wildman–Crippen LogP) is 3.70. The molecule has 8 heteroatoms. The summed E-state index contributed by atoms with van der Waals surface area (Å²) in [6, 6.07) is 10.1. The van der Waals surface area contributed by atoms with Crippen molar-refractivity contribution in [2.75, 3.05) is 25.6 Å². The molecule has 1 N–H and O–H groups in total. The Morgan fingerprint density at radius 3 is 2.66 bits per heavy atom. The van der Waals surface area contributed by atoms with Crippen molar-refractivity contribution in [3.05, 3.63) is 53.1 Å². The number of carbonyl (C=O) groups is 2. The molecule has 0 saturated heterocycles. The Hall–Kier alpha value is -3.19. The molecule has 3 rings (SSSR count). The smallest absolute Gasteiger partial charge is 0.331 e. The zero-order valence-corrected chi connectivity index (χ0v) is 16.7. The third-order valence-corrected chi connectivity index (χ3v) is 4.29. The summed E-state index contributed by atoms with van der Waals surface area (Å²) in [5.74, 6) is 0.569. The number of halogens is 1. The van der Waals surface area contributed by atoms with E-state index in [1.165, 1.54) is 20.1 Å². The molecule has 0 radical (unpaired) electrons. The highest BCUT2D eigenvalue weighted by Crippen LogP contribution is 2.31. The summed E-state index contributed by atoms with van der Waals surface area (Å²) in [6.07, 6.45) is 1.80. The predicted molar refractivity (Wildman–Crippen MR) is 109 cm³/mol. The highest BCUT2D eigenvalue weighted by Gasteiger charge is 2.18. The molecule has 152 valence electrons. The van der Waals surface area contributed by atoms with Crippen molar-refractivity contribution in [1.29, 1.82) is 0 Å². The van der Waals surface area contributed by atoms with Gasteiger partial charge in [-0.1, -0.05) is 17.7 Å². The molecule has 0 unspecified atom stereocenters. The summed E-state index contributed by atoms with van der Waals surface area (Å²) in [5, 5.41) is 3.07. The third kappa shape index (κ3) is 5.42. The summed E-state index contributed by atoms with van der Waals surface area (Å²) in [5.41, 5.74) is 1.13. The molecule has 2 aromatic rings. The molecule has 1 aliphatic rings. The summed E-state index contributed by atoms with van der Waals surface area (Å²) in [6.45, 7) is 2.46. The number of ether oxygens (including phenoxy) is 4. The molecule has 1 aliphatic heterocycles. The van der Waals surface area contributed by atoms with Crippen LogP contribution in [0.4, 0.5) is 5.69 Å². The molecule has 0 saturated carbocycles. The first-order valence-corrected chi connectivity index (χ1v) is 9.27. The van der Waals surface area contributed by atoms with E-state index in [9.17, 15) is 9.59 Å². The quantitative estimate of drug-likeness (QED) is 0.570. The highest BCUT2D eigenvalue weighted by atomic mass is 35.5. The first-order valence-electron chi connectivity index (χ1n) is 8.89. The first-order chi connectivity index (χ1) is 14.0. The van der Waals surface area contributed by atoms with Crippen molar-refractivity contribution in [3.63, 3.8) is 0 Å². The minimum Gasteiger partial charge on any atom is -0.495 e. The van der Waals surface area contributed by atoms with Gasteiger partial charge in [-0.3, -0.25) is 4.79 Å². The Morgan fingerprint density at radius 1 is 1.14 bits per heavy atom. The van der Waals surface area contributed by atoms with Gasteiger partial charge >= 0.3 is 5.97 Å². The maximum atomic E-state index is 12.3. The van der Waals surface area contributed by atoms with Crippen LogP contribution in [0.25, 0.3) is 6.08 Å². The van der Waals surface area contributed by atoms with Crippen LogP contribution in [0, 0.1) is 0 Å². The van der Waals surface area contributed by atoms with E-state index < -0.39 is 18.0 Å². The molecule has 0 aromatic heterocycles. The van der Waals surface area contributed by atoms with E-state index in [0.29, 0.717) is 41.2 Å². The van der Waals surface area contributed by atoms with Gasteiger partial charge in [0, 0.05) is 11.1 Å². The normalized spacial score (nSPS) is 13.6. The van der Waals surface area contributed by atoms with Crippen molar-refractivity contribution in [1.82, 2.24) is 0 Å². The lowest BCUT2D eigenvalue weighted by Gasteiger charge is -2.18. The molecule has 0 aliphatic carbocycles. The van der Waals surface area contributed by atoms with Gasteiger partial charge in [0.1, 0.15) is 19.0 Å². The Bertz CT molecular complexity index is 943. The number of esters is 1. The lowest BCUT2D eigenvalue weighted by Crippen LogP contribution is -2.29. The highest BCUT2D eigenvalue weighted by molar-refractivity contribution is 6.31. The molecular formula is C21H20ClNO6. The molecule has 2 aromatic carbocycles. The minimum atomic E-state index is -1.02. The Labute approximate surface area is 173 Å². The molecule has 29 heavy (non-hydrogen) atoms. The van der Waals surface area contributed by atoms with Gasteiger partial charge in [-0.05, 0) is 48.9 Å². The van der Waals surface area contributed by atoms with Crippen LogP contribution in [0.1, 0.15) is 12.5 Å². The van der Waals surface area contributed by atoms with Gasteiger partial charge in [0.2, 0.25) is 0 Å². The van der Waals surface area contributed by atoms with Crippen molar-refractivity contribution >= 4 is 35.2 Å². The number of methoxy groups -OCH3 is 1. The number of hydrogen-bond acceptors (Lipinski definition) is 6. The molecule has 1 amide bonds. The van der Waals surface area contributed by atoms with Gasteiger partial charge in [-0.25, -0.2) is 4.79 Å². The van der Waals surface area contributed by atoms with Gasteiger partial charge in [-0.2, -0.15) is 0 Å². The van der Waals surface area contributed by atoms with Crippen LogP contribution in [0.15, 0.2) is 42.5 Å². The molecule has 7 nitrogen and oxygen atoms in total. The van der Waals surface area contributed by atoms with Gasteiger partial charge in [0.15, 0.2) is 17.6 Å². The number of rotatable bonds is 6. The third-order valence-electron chi connectivity index (χ3n) is 4.06. The van der Waals surface area contributed by atoms with E-state index in [1.807, 2.05) is 0 Å². The Morgan fingerprint density at radius 2 is 1.90 bits per heavy atom. The van der Waals surface area contributed by atoms with Crippen molar-refractivity contribution in [3.8, 4) is 17.2 Å². The van der Waals surface area contributed by atoms with Gasteiger partial charge < -0.3 is 24.3 Å². The molecule has 0 spiro atoms. The average molecular weight is 418 g/mol. The molecule has 1 atom stereocenters. The summed E-state index contributed by atoms with van der Waals surface area (Å²) < 4.78 is 21.3. The van der Waals surface area contributed by atoms with E-state index in [0.717, 1.165) is 5.56 Å². The standard InChI is InChI=1S/C21H20ClNO6/c1-13(21(25)23-16-12-15(22)5-7-17(16)26-2)29-20(24)8-4-14-3-6-18-19(11-14)28-10-9-27-18/h3-8,11-13H,9-10H2,1-2H3,(H,23,25)/b8-4+/t13-/m0/s1. The summed E-state index contributed by atoms with van der Waals surface area (Å²) >= 11 is 5.95. The zero-order valence-electron chi connectivity index (χ0n) is 15.9. The monoisotopic (exact) mass is 417 g/mol. The molecule has 0 bridgehead atoms. The lowest BCUT2D eigenvalue weighted by molar-refractivity contribution is -0.148. The van der Waals surface area contributed by atoms with Crippen LogP contribution in [-0.2, 0) is 14.3 Å². The summed E-state index contributed by atoms with van der Waals surface area (Å²) in [7, 11) is 1.48. The second-order valence-electron chi connectivity index (χ2n) is 6.15. The van der Waals surface area contributed by atoms with Gasteiger partial charge in [-0.15, -0.1) is 0 Å². The second-order valence-corrected chi connectivity index (χ2v) is 6.59. The number of hydrogen-bond donors (Lipinski definition) is 1. The van der Waals surface area contributed by atoms with Crippen LogP contribution < -0.4 is 19.5 Å². The van der Waals surface area contributed by atoms with E-state index in [-0.39, 0.29) is 0 Å². The fourth-order valence-electron chi connectivity index (χ4n) is 2.61. The van der Waals surface area contributed by atoms with E-state index in [4.69, 9.17) is 30.5 Å². The van der Waals surface area contributed by atoms with Gasteiger partial charge in [0.25, 0.3) is 5.91 Å². The fourth-order valence-corrected chi connectivity index (χ4v) is 2.78. The van der Waals surface area contributed by atoms with Crippen molar-refractivity contribution in [2.45, 2.75) is 13.0 Å². The van der Waals surface area contributed by atoms with E-state index in [1.54, 1.807) is 42.5 Å². The topological polar surface area (TPSA) is 83.1 Å².